The third-order valence-electron chi connectivity index (χ3n) is 3.35. The summed E-state index contributed by atoms with van der Waals surface area (Å²) in [4.78, 5) is 8.18. The number of hydrogen-bond donors (Lipinski definition) is 0. The van der Waals surface area contributed by atoms with E-state index in [1.165, 1.54) is 6.33 Å². The zero-order valence-corrected chi connectivity index (χ0v) is 11.4. The summed E-state index contributed by atoms with van der Waals surface area (Å²) in [6.07, 6.45) is 3.50. The van der Waals surface area contributed by atoms with Crippen LogP contribution in [0.15, 0.2) is 6.33 Å². The third-order valence-corrected chi connectivity index (χ3v) is 3.72. The van der Waals surface area contributed by atoms with Crippen molar-refractivity contribution in [2.45, 2.75) is 19.8 Å². The average molecular weight is 283 g/mol. The van der Waals surface area contributed by atoms with Gasteiger partial charge in [0.1, 0.15) is 11.5 Å². The molecule has 2 aromatic rings. The van der Waals surface area contributed by atoms with Gasteiger partial charge in [-0.1, -0.05) is 11.6 Å². The summed E-state index contributed by atoms with van der Waals surface area (Å²) < 4.78 is 12.8. The predicted molar refractivity (Wildman–Crippen MR) is 69.6 cm³/mol. The van der Waals surface area contributed by atoms with Crippen LogP contribution in [0.4, 0.5) is 0 Å². The highest BCUT2D eigenvalue weighted by Gasteiger charge is 2.18. The monoisotopic (exact) mass is 282 g/mol. The molecule has 0 spiro atoms. The van der Waals surface area contributed by atoms with Crippen molar-refractivity contribution in [2.75, 3.05) is 19.8 Å². The Morgan fingerprint density at radius 3 is 3.05 bits per heavy atom. The summed E-state index contributed by atoms with van der Waals surface area (Å²) in [7, 11) is 0. The lowest BCUT2D eigenvalue weighted by atomic mass is 10.0. The molecular formula is C12H15ClN4O2. The summed E-state index contributed by atoms with van der Waals surface area (Å²) in [5.41, 5.74) is 0.784. The molecular weight excluding hydrogens is 268 g/mol. The summed E-state index contributed by atoms with van der Waals surface area (Å²) in [5, 5.41) is 4.52. The summed E-state index contributed by atoms with van der Waals surface area (Å²) >= 11 is 6.08. The van der Waals surface area contributed by atoms with E-state index in [0.717, 1.165) is 31.6 Å². The van der Waals surface area contributed by atoms with Gasteiger partial charge < -0.3 is 9.47 Å². The molecule has 0 bridgehead atoms. The van der Waals surface area contributed by atoms with Crippen molar-refractivity contribution >= 4 is 17.4 Å². The molecule has 0 amide bonds. The van der Waals surface area contributed by atoms with Crippen LogP contribution in [0.5, 0.6) is 5.88 Å². The van der Waals surface area contributed by atoms with E-state index < -0.39 is 0 Å². The topological polar surface area (TPSA) is 61.5 Å². The van der Waals surface area contributed by atoms with Crippen LogP contribution in [-0.2, 0) is 4.74 Å². The molecule has 0 unspecified atom stereocenters. The van der Waals surface area contributed by atoms with Crippen molar-refractivity contribution in [1.82, 2.24) is 19.6 Å². The number of nitrogens with zero attached hydrogens (tertiary/aromatic N) is 4. The lowest BCUT2D eigenvalue weighted by Crippen LogP contribution is -2.22. The Kier molecular flexibility index (Phi) is 3.52. The highest BCUT2D eigenvalue weighted by molar-refractivity contribution is 6.30. The molecule has 0 atom stereocenters. The van der Waals surface area contributed by atoms with E-state index in [-0.39, 0.29) is 0 Å². The molecule has 0 N–H and O–H groups in total. The van der Waals surface area contributed by atoms with E-state index in [9.17, 15) is 0 Å². The van der Waals surface area contributed by atoms with Crippen LogP contribution in [-0.4, -0.2) is 39.4 Å². The number of ether oxygens (including phenoxy) is 2. The second-order valence-corrected chi connectivity index (χ2v) is 5.03. The number of hydrogen-bond acceptors (Lipinski definition) is 5. The minimum absolute atomic E-state index is 0.405. The van der Waals surface area contributed by atoms with Gasteiger partial charge in [0.25, 0.3) is 5.78 Å². The van der Waals surface area contributed by atoms with Crippen LogP contribution >= 0.6 is 11.6 Å². The molecule has 1 fully saturated rings. The van der Waals surface area contributed by atoms with E-state index in [1.807, 2.05) is 6.92 Å². The van der Waals surface area contributed by atoms with E-state index in [1.54, 1.807) is 4.52 Å². The first-order valence-electron chi connectivity index (χ1n) is 6.32. The Bertz CT molecular complexity index is 580. The van der Waals surface area contributed by atoms with Gasteiger partial charge in [0.05, 0.1) is 6.61 Å². The van der Waals surface area contributed by atoms with Gasteiger partial charge in [-0.25, -0.2) is 0 Å². The molecule has 2 aromatic heterocycles. The number of aromatic nitrogens is 4. The molecule has 6 nitrogen and oxygen atoms in total. The average Bonchev–Trinajstić information content (AvgIpc) is 2.88. The van der Waals surface area contributed by atoms with Crippen molar-refractivity contribution < 1.29 is 9.47 Å². The molecule has 0 aromatic carbocycles. The molecule has 1 aliphatic heterocycles. The quantitative estimate of drug-likeness (QED) is 0.805. The first kappa shape index (κ1) is 12.6. The van der Waals surface area contributed by atoms with Crippen LogP contribution in [0.25, 0.3) is 5.78 Å². The summed E-state index contributed by atoms with van der Waals surface area (Å²) in [6, 6.07) is 0. The SMILES string of the molecule is Cc1c(Cl)nc2ncnn2c1OCC1CCOCC1. The lowest BCUT2D eigenvalue weighted by molar-refractivity contribution is 0.0485. The summed E-state index contributed by atoms with van der Waals surface area (Å²) in [6.45, 7) is 4.13. The van der Waals surface area contributed by atoms with Crippen LogP contribution in [0, 0.1) is 12.8 Å². The smallest absolute Gasteiger partial charge is 0.256 e. The normalized spacial score (nSPS) is 16.9. The molecule has 3 heterocycles. The molecule has 1 saturated heterocycles. The fourth-order valence-electron chi connectivity index (χ4n) is 2.15. The van der Waals surface area contributed by atoms with E-state index in [2.05, 4.69) is 15.1 Å². The standard InChI is InChI=1S/C12H15ClN4O2/c1-8-10(13)16-12-14-7-15-17(12)11(8)19-6-9-2-4-18-5-3-9/h7,9H,2-6H2,1H3. The van der Waals surface area contributed by atoms with Gasteiger partial charge in [-0.05, 0) is 25.7 Å². The zero-order valence-electron chi connectivity index (χ0n) is 10.7. The van der Waals surface area contributed by atoms with Crippen molar-refractivity contribution in [3.8, 4) is 5.88 Å². The second-order valence-electron chi connectivity index (χ2n) is 4.67. The van der Waals surface area contributed by atoms with Crippen LogP contribution in [0.1, 0.15) is 18.4 Å². The van der Waals surface area contributed by atoms with Gasteiger partial charge >= 0.3 is 0 Å². The maximum Gasteiger partial charge on any atom is 0.256 e. The first-order chi connectivity index (χ1) is 9.25. The summed E-state index contributed by atoms with van der Waals surface area (Å²) in [5.74, 6) is 1.59. The number of fused-ring (bicyclic) bond motifs is 1. The predicted octanol–water partition coefficient (Wildman–Crippen LogP) is 1.89. The Morgan fingerprint density at radius 1 is 1.47 bits per heavy atom. The van der Waals surface area contributed by atoms with Gasteiger partial charge in [-0.3, -0.25) is 0 Å². The Labute approximate surface area is 115 Å². The molecule has 0 radical (unpaired) electrons. The van der Waals surface area contributed by atoms with E-state index in [0.29, 0.717) is 29.3 Å². The van der Waals surface area contributed by atoms with Gasteiger partial charge in [0.15, 0.2) is 0 Å². The first-order valence-corrected chi connectivity index (χ1v) is 6.70. The zero-order chi connectivity index (χ0) is 13.2. The molecule has 102 valence electrons. The van der Waals surface area contributed by atoms with Crippen molar-refractivity contribution in [3.63, 3.8) is 0 Å². The van der Waals surface area contributed by atoms with E-state index in [4.69, 9.17) is 21.1 Å². The van der Waals surface area contributed by atoms with Gasteiger partial charge in [0.2, 0.25) is 5.88 Å². The molecule has 3 rings (SSSR count). The maximum atomic E-state index is 6.08. The maximum absolute atomic E-state index is 6.08. The Morgan fingerprint density at radius 2 is 2.26 bits per heavy atom. The number of halogens is 1. The molecule has 7 heteroatoms. The van der Waals surface area contributed by atoms with Crippen LogP contribution in [0.3, 0.4) is 0 Å². The Hall–Kier alpha value is -1.40. The molecule has 0 saturated carbocycles. The van der Waals surface area contributed by atoms with E-state index >= 15 is 0 Å². The lowest BCUT2D eigenvalue weighted by Gasteiger charge is -2.22. The van der Waals surface area contributed by atoms with Gasteiger partial charge in [-0.15, -0.1) is 0 Å². The highest BCUT2D eigenvalue weighted by Crippen LogP contribution is 2.25. The largest absolute Gasteiger partial charge is 0.477 e. The number of rotatable bonds is 3. The van der Waals surface area contributed by atoms with Crippen LogP contribution < -0.4 is 4.74 Å². The fraction of sp³-hybridized carbons (Fsp3) is 0.583. The van der Waals surface area contributed by atoms with Crippen molar-refractivity contribution in [1.29, 1.82) is 0 Å². The minimum Gasteiger partial charge on any atom is -0.477 e. The second kappa shape index (κ2) is 5.30. The van der Waals surface area contributed by atoms with Crippen molar-refractivity contribution in [2.24, 2.45) is 5.92 Å². The molecule has 1 aliphatic rings. The molecule has 0 aliphatic carbocycles. The van der Waals surface area contributed by atoms with Crippen LogP contribution in [0.2, 0.25) is 5.15 Å². The molecule has 19 heavy (non-hydrogen) atoms. The van der Waals surface area contributed by atoms with Gasteiger partial charge in [-0.2, -0.15) is 19.6 Å². The van der Waals surface area contributed by atoms with Gasteiger partial charge in [0, 0.05) is 18.8 Å². The third kappa shape index (κ3) is 2.50. The van der Waals surface area contributed by atoms with Crippen molar-refractivity contribution in [3.05, 3.63) is 17.0 Å². The fourth-order valence-corrected chi connectivity index (χ4v) is 2.31. The Balaban J connectivity index is 1.82. The minimum atomic E-state index is 0.405. The highest BCUT2D eigenvalue weighted by atomic mass is 35.5.